The fourth-order valence-corrected chi connectivity index (χ4v) is 1.63. The van der Waals surface area contributed by atoms with Gasteiger partial charge < -0.3 is 19.9 Å². The summed E-state index contributed by atoms with van der Waals surface area (Å²) < 4.78 is 16.8. The normalized spacial score (nSPS) is 10.8. The number of carbonyl (C=O) groups is 1. The molecule has 0 saturated carbocycles. The van der Waals surface area contributed by atoms with E-state index in [1.165, 1.54) is 0 Å². The van der Waals surface area contributed by atoms with Gasteiger partial charge in [-0.3, -0.25) is 0 Å². The van der Waals surface area contributed by atoms with Gasteiger partial charge in [0.1, 0.15) is 0 Å². The van der Waals surface area contributed by atoms with Gasteiger partial charge in [0, 0.05) is 26.9 Å². The first-order chi connectivity index (χ1) is 9.74. The van der Waals surface area contributed by atoms with Gasteiger partial charge in [-0.05, 0) is 13.3 Å². The third-order valence-corrected chi connectivity index (χ3v) is 2.58. The highest BCUT2D eigenvalue weighted by molar-refractivity contribution is 5.88. The van der Waals surface area contributed by atoms with Gasteiger partial charge in [-0.25, -0.2) is 9.48 Å². The summed E-state index contributed by atoms with van der Waals surface area (Å²) in [4.78, 5) is 11.6. The van der Waals surface area contributed by atoms with Gasteiger partial charge in [-0.2, -0.15) is 0 Å². The summed E-state index contributed by atoms with van der Waals surface area (Å²) in [5.41, 5.74) is 6.37. The van der Waals surface area contributed by atoms with E-state index in [0.717, 1.165) is 6.42 Å². The second-order valence-electron chi connectivity index (χ2n) is 3.99. The number of hydrogen-bond donors (Lipinski definition) is 1. The number of rotatable bonds is 10. The number of carbonyl (C=O) groups excluding carboxylic acids is 1. The van der Waals surface area contributed by atoms with Gasteiger partial charge >= 0.3 is 5.97 Å². The number of methoxy groups -OCH3 is 1. The van der Waals surface area contributed by atoms with Crippen LogP contribution in [-0.2, 0) is 27.3 Å². The Morgan fingerprint density at radius 3 is 2.80 bits per heavy atom. The molecule has 0 atom stereocenters. The minimum atomic E-state index is -0.500. The van der Waals surface area contributed by atoms with E-state index >= 15 is 0 Å². The Kier molecular flexibility index (Phi) is 7.78. The molecule has 20 heavy (non-hydrogen) atoms. The van der Waals surface area contributed by atoms with E-state index in [1.54, 1.807) is 18.7 Å². The van der Waals surface area contributed by atoms with Crippen molar-refractivity contribution >= 4 is 5.97 Å². The molecule has 1 aromatic heterocycles. The lowest BCUT2D eigenvalue weighted by molar-refractivity contribution is 0.0517. The quantitative estimate of drug-likeness (QED) is 0.476. The number of esters is 1. The maximum absolute atomic E-state index is 11.6. The van der Waals surface area contributed by atoms with Crippen molar-refractivity contribution in [2.24, 2.45) is 5.73 Å². The third-order valence-electron chi connectivity index (χ3n) is 2.58. The molecule has 8 nitrogen and oxygen atoms in total. The molecule has 0 aliphatic heterocycles. The number of hydrogen-bond acceptors (Lipinski definition) is 7. The molecule has 0 fully saturated rings. The maximum atomic E-state index is 11.6. The lowest BCUT2D eigenvalue weighted by Gasteiger charge is -2.07. The van der Waals surface area contributed by atoms with Crippen LogP contribution in [0.2, 0.25) is 0 Å². The molecule has 0 aliphatic carbocycles. The average molecular weight is 286 g/mol. The molecule has 1 rings (SSSR count). The van der Waals surface area contributed by atoms with Gasteiger partial charge in [0.15, 0.2) is 5.69 Å². The molecule has 0 aromatic carbocycles. The number of ether oxygens (including phenoxy) is 3. The molecule has 8 heteroatoms. The fourth-order valence-electron chi connectivity index (χ4n) is 1.63. The fraction of sp³-hybridized carbons (Fsp3) is 0.750. The Balaban J connectivity index is 2.48. The number of nitrogens with two attached hydrogens (primary N) is 1. The third kappa shape index (κ3) is 4.87. The zero-order chi connectivity index (χ0) is 14.8. The van der Waals surface area contributed by atoms with Crippen LogP contribution in [0.15, 0.2) is 0 Å². The summed E-state index contributed by atoms with van der Waals surface area (Å²) in [5.74, 6) is -0.500. The number of nitrogens with zero attached hydrogens (tertiary/aromatic N) is 3. The molecule has 0 unspecified atom stereocenters. The Morgan fingerprint density at radius 2 is 2.15 bits per heavy atom. The lowest BCUT2D eigenvalue weighted by atomic mass is 10.3. The van der Waals surface area contributed by atoms with Crippen LogP contribution in [0.4, 0.5) is 0 Å². The minimum absolute atomic E-state index is 0.171. The van der Waals surface area contributed by atoms with Gasteiger partial charge in [0.2, 0.25) is 0 Å². The average Bonchev–Trinajstić information content (AvgIpc) is 2.86. The first-order valence-corrected chi connectivity index (χ1v) is 6.60. The SMILES string of the molecule is CCOC(=O)c1nnn(CCOCCCOC)c1CN. The van der Waals surface area contributed by atoms with Crippen molar-refractivity contribution in [2.45, 2.75) is 26.4 Å². The lowest BCUT2D eigenvalue weighted by Crippen LogP contribution is -2.16. The summed E-state index contributed by atoms with van der Waals surface area (Å²) in [5, 5.41) is 7.72. The molecular formula is C12H22N4O4. The molecule has 2 N–H and O–H groups in total. The predicted octanol–water partition coefficient (Wildman–Crippen LogP) is -0.0334. The number of aromatic nitrogens is 3. The summed E-state index contributed by atoms with van der Waals surface area (Å²) in [7, 11) is 1.65. The molecular weight excluding hydrogens is 264 g/mol. The molecule has 0 radical (unpaired) electrons. The van der Waals surface area contributed by atoms with Crippen molar-refractivity contribution in [2.75, 3.05) is 33.5 Å². The van der Waals surface area contributed by atoms with E-state index in [1.807, 2.05) is 0 Å². The van der Waals surface area contributed by atoms with E-state index in [0.29, 0.717) is 32.1 Å². The van der Waals surface area contributed by atoms with E-state index in [9.17, 15) is 4.79 Å². The van der Waals surface area contributed by atoms with Crippen LogP contribution < -0.4 is 5.73 Å². The Morgan fingerprint density at radius 1 is 1.35 bits per heavy atom. The van der Waals surface area contributed by atoms with Gasteiger partial charge in [-0.15, -0.1) is 5.10 Å². The second kappa shape index (κ2) is 9.40. The predicted molar refractivity (Wildman–Crippen MR) is 71.2 cm³/mol. The molecule has 0 bridgehead atoms. The molecule has 0 amide bonds. The highest BCUT2D eigenvalue weighted by Crippen LogP contribution is 2.06. The zero-order valence-electron chi connectivity index (χ0n) is 12.0. The molecule has 1 aromatic rings. The second-order valence-corrected chi connectivity index (χ2v) is 3.99. The van der Waals surface area contributed by atoms with Crippen LogP contribution in [0.5, 0.6) is 0 Å². The van der Waals surface area contributed by atoms with Crippen LogP contribution in [-0.4, -0.2) is 54.5 Å². The maximum Gasteiger partial charge on any atom is 0.360 e. The van der Waals surface area contributed by atoms with Gasteiger partial charge in [-0.1, -0.05) is 5.21 Å². The van der Waals surface area contributed by atoms with Crippen molar-refractivity contribution in [3.63, 3.8) is 0 Å². The van der Waals surface area contributed by atoms with Crippen molar-refractivity contribution < 1.29 is 19.0 Å². The van der Waals surface area contributed by atoms with Crippen LogP contribution in [0.3, 0.4) is 0 Å². The van der Waals surface area contributed by atoms with E-state index in [2.05, 4.69) is 10.3 Å². The summed E-state index contributed by atoms with van der Waals surface area (Å²) in [6.07, 6.45) is 0.839. The molecule has 0 spiro atoms. The molecule has 0 aliphatic rings. The van der Waals surface area contributed by atoms with Crippen LogP contribution >= 0.6 is 0 Å². The summed E-state index contributed by atoms with van der Waals surface area (Å²) in [6, 6.07) is 0. The first-order valence-electron chi connectivity index (χ1n) is 6.60. The molecule has 114 valence electrons. The Labute approximate surface area is 118 Å². The van der Waals surface area contributed by atoms with Gasteiger partial charge in [0.25, 0.3) is 0 Å². The minimum Gasteiger partial charge on any atom is -0.461 e. The Bertz CT molecular complexity index is 408. The van der Waals surface area contributed by atoms with Crippen LogP contribution in [0, 0.1) is 0 Å². The van der Waals surface area contributed by atoms with E-state index in [-0.39, 0.29) is 18.8 Å². The van der Waals surface area contributed by atoms with Gasteiger partial charge in [0.05, 0.1) is 25.5 Å². The summed E-state index contributed by atoms with van der Waals surface area (Å²) in [6.45, 7) is 4.45. The van der Waals surface area contributed by atoms with Crippen molar-refractivity contribution in [3.8, 4) is 0 Å². The van der Waals surface area contributed by atoms with Crippen molar-refractivity contribution in [1.82, 2.24) is 15.0 Å². The van der Waals surface area contributed by atoms with E-state index < -0.39 is 5.97 Å². The van der Waals surface area contributed by atoms with E-state index in [4.69, 9.17) is 19.9 Å². The van der Waals surface area contributed by atoms with Crippen LogP contribution in [0.1, 0.15) is 29.5 Å². The van der Waals surface area contributed by atoms with Crippen molar-refractivity contribution in [3.05, 3.63) is 11.4 Å². The topological polar surface area (TPSA) is 101 Å². The largest absolute Gasteiger partial charge is 0.461 e. The van der Waals surface area contributed by atoms with Crippen molar-refractivity contribution in [1.29, 1.82) is 0 Å². The molecule has 0 saturated heterocycles. The Hall–Kier alpha value is -1.51. The van der Waals surface area contributed by atoms with Crippen LogP contribution in [0.25, 0.3) is 0 Å². The standard InChI is InChI=1S/C12H22N4O4/c1-3-20-12(17)11-10(9-13)16(15-14-11)5-8-19-7-4-6-18-2/h3-9,13H2,1-2H3. The first kappa shape index (κ1) is 16.5. The monoisotopic (exact) mass is 286 g/mol. The summed E-state index contributed by atoms with van der Waals surface area (Å²) >= 11 is 0. The smallest absolute Gasteiger partial charge is 0.360 e. The highest BCUT2D eigenvalue weighted by atomic mass is 16.5. The zero-order valence-corrected chi connectivity index (χ0v) is 12.0. The molecule has 1 heterocycles. The highest BCUT2D eigenvalue weighted by Gasteiger charge is 2.19.